The summed E-state index contributed by atoms with van der Waals surface area (Å²) in [5, 5.41) is 0. The third-order valence-electron chi connectivity index (χ3n) is 3.22. The van der Waals surface area contributed by atoms with Gasteiger partial charge in [-0.2, -0.15) is 0 Å². The average Bonchev–Trinajstić information content (AvgIpc) is 2.56. The van der Waals surface area contributed by atoms with E-state index in [9.17, 15) is 0 Å². The molecule has 2 aliphatic rings. The molecule has 2 aliphatic heterocycles. The van der Waals surface area contributed by atoms with E-state index in [4.69, 9.17) is 9.47 Å². The highest BCUT2D eigenvalue weighted by Crippen LogP contribution is 2.40. The lowest BCUT2D eigenvalue weighted by Gasteiger charge is -2.32. The molecule has 14 heavy (non-hydrogen) atoms. The maximum atomic E-state index is 6.06. The van der Waals surface area contributed by atoms with Crippen molar-refractivity contribution in [1.29, 1.82) is 0 Å². The van der Waals surface area contributed by atoms with E-state index < -0.39 is 0 Å². The summed E-state index contributed by atoms with van der Waals surface area (Å²) >= 11 is 0. The predicted octanol–water partition coefficient (Wildman–Crippen LogP) is 2.17. The smallest absolute Gasteiger partial charge is 0.123 e. The molecule has 0 radical (unpaired) electrons. The minimum Gasteiger partial charge on any atom is -0.486 e. The van der Waals surface area contributed by atoms with Crippen LogP contribution in [-0.2, 0) is 11.2 Å². The largest absolute Gasteiger partial charge is 0.486 e. The third-order valence-corrected chi connectivity index (χ3v) is 3.22. The summed E-state index contributed by atoms with van der Waals surface area (Å²) in [6.45, 7) is 1.68. The Labute approximate surface area is 83.8 Å². The molecule has 1 spiro atoms. The van der Waals surface area contributed by atoms with Gasteiger partial charge >= 0.3 is 0 Å². The SMILES string of the molecule is c1ccc2c(c1)CC1(CCOCC1)O2. The van der Waals surface area contributed by atoms with Crippen molar-refractivity contribution in [3.05, 3.63) is 29.8 Å². The average molecular weight is 190 g/mol. The second-order valence-electron chi connectivity index (χ2n) is 4.18. The maximum Gasteiger partial charge on any atom is 0.123 e. The topological polar surface area (TPSA) is 18.5 Å². The maximum absolute atomic E-state index is 6.06. The van der Waals surface area contributed by atoms with Gasteiger partial charge in [0.2, 0.25) is 0 Å². The fourth-order valence-electron chi connectivity index (χ4n) is 2.39. The zero-order chi connectivity index (χ0) is 9.43. The number of benzene rings is 1. The Balaban J connectivity index is 1.89. The molecular weight excluding hydrogens is 176 g/mol. The van der Waals surface area contributed by atoms with E-state index in [0.717, 1.165) is 38.2 Å². The molecule has 2 heterocycles. The Morgan fingerprint density at radius 1 is 1.07 bits per heavy atom. The predicted molar refractivity (Wildman–Crippen MR) is 53.6 cm³/mol. The van der Waals surface area contributed by atoms with Crippen molar-refractivity contribution in [3.63, 3.8) is 0 Å². The van der Waals surface area contributed by atoms with Crippen LogP contribution >= 0.6 is 0 Å². The quantitative estimate of drug-likeness (QED) is 0.624. The van der Waals surface area contributed by atoms with Crippen LogP contribution in [0.2, 0.25) is 0 Å². The second-order valence-corrected chi connectivity index (χ2v) is 4.18. The molecule has 2 nitrogen and oxygen atoms in total. The van der Waals surface area contributed by atoms with E-state index in [-0.39, 0.29) is 5.60 Å². The summed E-state index contributed by atoms with van der Waals surface area (Å²) in [6, 6.07) is 8.36. The first-order chi connectivity index (χ1) is 6.88. The van der Waals surface area contributed by atoms with Gasteiger partial charge in [0.15, 0.2) is 0 Å². The van der Waals surface area contributed by atoms with Crippen LogP contribution in [0.1, 0.15) is 18.4 Å². The van der Waals surface area contributed by atoms with Crippen molar-refractivity contribution in [3.8, 4) is 5.75 Å². The van der Waals surface area contributed by atoms with Gasteiger partial charge in [-0.05, 0) is 11.6 Å². The van der Waals surface area contributed by atoms with Crippen molar-refractivity contribution in [2.24, 2.45) is 0 Å². The van der Waals surface area contributed by atoms with Gasteiger partial charge < -0.3 is 9.47 Å². The molecule has 3 rings (SSSR count). The van der Waals surface area contributed by atoms with Crippen LogP contribution in [0.15, 0.2) is 24.3 Å². The molecule has 0 N–H and O–H groups in total. The molecule has 2 heteroatoms. The summed E-state index contributed by atoms with van der Waals surface area (Å²) in [5.74, 6) is 1.08. The van der Waals surface area contributed by atoms with Crippen molar-refractivity contribution in [2.75, 3.05) is 13.2 Å². The molecule has 1 aromatic carbocycles. The van der Waals surface area contributed by atoms with Gasteiger partial charge in [0, 0.05) is 19.3 Å². The second kappa shape index (κ2) is 2.99. The first kappa shape index (κ1) is 8.30. The van der Waals surface area contributed by atoms with Crippen LogP contribution in [0, 0.1) is 0 Å². The van der Waals surface area contributed by atoms with Crippen LogP contribution in [-0.4, -0.2) is 18.8 Å². The highest BCUT2D eigenvalue weighted by molar-refractivity contribution is 5.39. The lowest BCUT2D eigenvalue weighted by Crippen LogP contribution is -2.40. The Hall–Kier alpha value is -1.02. The third kappa shape index (κ3) is 1.22. The van der Waals surface area contributed by atoms with Gasteiger partial charge in [-0.1, -0.05) is 18.2 Å². The number of para-hydroxylation sites is 1. The summed E-state index contributed by atoms with van der Waals surface area (Å²) in [7, 11) is 0. The standard InChI is InChI=1S/C12H14O2/c1-2-4-11-10(3-1)9-12(14-11)5-7-13-8-6-12/h1-4H,5-9H2. The summed E-state index contributed by atoms with van der Waals surface area (Å²) in [4.78, 5) is 0. The molecule has 0 amide bonds. The van der Waals surface area contributed by atoms with Gasteiger partial charge in [-0.3, -0.25) is 0 Å². The minimum absolute atomic E-state index is 0.0575. The molecule has 74 valence electrons. The van der Waals surface area contributed by atoms with Gasteiger partial charge in [0.25, 0.3) is 0 Å². The van der Waals surface area contributed by atoms with E-state index in [2.05, 4.69) is 18.2 Å². The fourth-order valence-corrected chi connectivity index (χ4v) is 2.39. The molecule has 0 saturated carbocycles. The first-order valence-electron chi connectivity index (χ1n) is 5.23. The molecule has 1 saturated heterocycles. The Kier molecular flexibility index (Phi) is 1.77. The van der Waals surface area contributed by atoms with E-state index in [0.29, 0.717) is 0 Å². The van der Waals surface area contributed by atoms with Gasteiger partial charge in [0.1, 0.15) is 11.4 Å². The van der Waals surface area contributed by atoms with E-state index in [1.54, 1.807) is 0 Å². The minimum atomic E-state index is 0.0575. The van der Waals surface area contributed by atoms with E-state index in [1.807, 2.05) is 6.07 Å². The molecule has 0 aromatic heterocycles. The lowest BCUT2D eigenvalue weighted by atomic mass is 9.89. The first-order valence-corrected chi connectivity index (χ1v) is 5.23. The van der Waals surface area contributed by atoms with Gasteiger partial charge in [0.05, 0.1) is 13.2 Å². The normalized spacial score (nSPS) is 23.1. The number of ether oxygens (including phenoxy) is 2. The summed E-state index contributed by atoms with van der Waals surface area (Å²) in [6.07, 6.45) is 3.12. The Bertz CT molecular complexity index is 313. The number of fused-ring (bicyclic) bond motifs is 1. The molecule has 0 unspecified atom stereocenters. The molecule has 0 atom stereocenters. The Morgan fingerprint density at radius 2 is 1.86 bits per heavy atom. The molecule has 0 aliphatic carbocycles. The van der Waals surface area contributed by atoms with Crippen molar-refractivity contribution < 1.29 is 9.47 Å². The van der Waals surface area contributed by atoms with E-state index >= 15 is 0 Å². The molecule has 1 aromatic rings. The monoisotopic (exact) mass is 190 g/mol. The van der Waals surface area contributed by atoms with Gasteiger partial charge in [-0.15, -0.1) is 0 Å². The fraction of sp³-hybridized carbons (Fsp3) is 0.500. The van der Waals surface area contributed by atoms with Gasteiger partial charge in [-0.25, -0.2) is 0 Å². The zero-order valence-corrected chi connectivity index (χ0v) is 8.16. The highest BCUT2D eigenvalue weighted by atomic mass is 16.5. The number of hydrogen-bond acceptors (Lipinski definition) is 2. The van der Waals surface area contributed by atoms with Crippen LogP contribution in [0.25, 0.3) is 0 Å². The molecule has 0 bridgehead atoms. The van der Waals surface area contributed by atoms with E-state index in [1.165, 1.54) is 5.56 Å². The van der Waals surface area contributed by atoms with Crippen LogP contribution < -0.4 is 4.74 Å². The lowest BCUT2D eigenvalue weighted by molar-refractivity contribution is -0.0330. The molecular formula is C12H14O2. The zero-order valence-electron chi connectivity index (χ0n) is 8.16. The number of hydrogen-bond donors (Lipinski definition) is 0. The Morgan fingerprint density at radius 3 is 2.64 bits per heavy atom. The van der Waals surface area contributed by atoms with Crippen LogP contribution in [0.4, 0.5) is 0 Å². The summed E-state index contributed by atoms with van der Waals surface area (Å²) < 4.78 is 11.4. The molecule has 1 fully saturated rings. The van der Waals surface area contributed by atoms with Crippen LogP contribution in [0.3, 0.4) is 0 Å². The van der Waals surface area contributed by atoms with Crippen molar-refractivity contribution >= 4 is 0 Å². The van der Waals surface area contributed by atoms with Crippen LogP contribution in [0.5, 0.6) is 5.75 Å². The summed E-state index contributed by atoms with van der Waals surface area (Å²) in [5.41, 5.74) is 1.41. The van der Waals surface area contributed by atoms with Crippen molar-refractivity contribution in [2.45, 2.75) is 24.9 Å². The highest BCUT2D eigenvalue weighted by Gasteiger charge is 2.40. The van der Waals surface area contributed by atoms with Crippen molar-refractivity contribution in [1.82, 2.24) is 0 Å². The number of rotatable bonds is 0.